The molecule has 3 N–H and O–H groups in total. The van der Waals surface area contributed by atoms with Crippen LogP contribution in [0.3, 0.4) is 0 Å². The Bertz CT molecular complexity index is 930. The molecule has 10 heteroatoms. The van der Waals surface area contributed by atoms with Crippen molar-refractivity contribution in [1.29, 1.82) is 0 Å². The van der Waals surface area contributed by atoms with Gasteiger partial charge in [0.05, 0.1) is 6.21 Å². The number of hydrogen-bond donors (Lipinski definition) is 3. The van der Waals surface area contributed by atoms with Gasteiger partial charge in [-0.15, -0.1) is 0 Å². The van der Waals surface area contributed by atoms with Gasteiger partial charge < -0.3 is 15.4 Å². The van der Waals surface area contributed by atoms with Crippen LogP contribution < -0.4 is 20.8 Å². The van der Waals surface area contributed by atoms with E-state index in [0.717, 1.165) is 6.42 Å². The third-order valence-electron chi connectivity index (χ3n) is 3.50. The molecule has 0 saturated heterocycles. The molecule has 0 radical (unpaired) electrons. The van der Waals surface area contributed by atoms with E-state index in [4.69, 9.17) is 27.9 Å². The fraction of sp³-hybridized carbons (Fsp3) is 0.200. The summed E-state index contributed by atoms with van der Waals surface area (Å²) < 4.78 is 5.46. The van der Waals surface area contributed by atoms with Crippen molar-refractivity contribution < 1.29 is 19.1 Å². The molecule has 0 aromatic heterocycles. The maximum absolute atomic E-state index is 12.0. The number of rotatable bonds is 8. The number of carbonyl (C=O) groups is 3. The van der Waals surface area contributed by atoms with Crippen LogP contribution in [0.15, 0.2) is 47.6 Å². The third kappa shape index (κ3) is 8.10. The van der Waals surface area contributed by atoms with Crippen molar-refractivity contribution in [2.75, 3.05) is 18.5 Å². The predicted octanol–water partition coefficient (Wildman–Crippen LogP) is 2.99. The molecule has 158 valence electrons. The average molecular weight is 451 g/mol. The lowest BCUT2D eigenvalue weighted by Gasteiger charge is -2.08. The van der Waals surface area contributed by atoms with Gasteiger partial charge in [-0.25, -0.2) is 5.43 Å². The minimum atomic E-state index is -0.857. The highest BCUT2D eigenvalue weighted by molar-refractivity contribution is 6.35. The van der Waals surface area contributed by atoms with E-state index in [1.807, 2.05) is 6.92 Å². The van der Waals surface area contributed by atoms with E-state index in [1.165, 1.54) is 6.21 Å². The van der Waals surface area contributed by atoms with Crippen LogP contribution in [0.5, 0.6) is 5.75 Å². The first-order valence-electron chi connectivity index (χ1n) is 8.97. The van der Waals surface area contributed by atoms with Gasteiger partial charge in [0.2, 0.25) is 0 Å². The standard InChI is InChI=1S/C20H20Cl2N4O4/c1-2-6-23-19(28)20(29)26-24-11-13-4-3-5-17(7-13)30-12-18(27)25-16-9-14(21)8-15(22)10-16/h3-5,7-11H,2,6,12H2,1H3,(H,23,28)(H,25,27)(H,26,29)/b24-11-. The molecule has 2 aromatic carbocycles. The van der Waals surface area contributed by atoms with Gasteiger partial charge in [0.25, 0.3) is 5.91 Å². The van der Waals surface area contributed by atoms with Crippen LogP contribution in [-0.4, -0.2) is 37.1 Å². The van der Waals surface area contributed by atoms with Crippen molar-refractivity contribution in [2.45, 2.75) is 13.3 Å². The minimum Gasteiger partial charge on any atom is -0.484 e. The van der Waals surface area contributed by atoms with E-state index < -0.39 is 17.7 Å². The lowest BCUT2D eigenvalue weighted by Crippen LogP contribution is -2.38. The third-order valence-corrected chi connectivity index (χ3v) is 3.93. The SMILES string of the molecule is CCCNC(=O)C(=O)N/N=C\c1cccc(OCC(=O)Nc2cc(Cl)cc(Cl)c2)c1. The molecule has 0 saturated carbocycles. The summed E-state index contributed by atoms with van der Waals surface area (Å²) in [5.41, 5.74) is 3.20. The molecule has 0 aliphatic rings. The summed E-state index contributed by atoms with van der Waals surface area (Å²) >= 11 is 11.8. The van der Waals surface area contributed by atoms with Crippen LogP contribution in [0, 0.1) is 0 Å². The van der Waals surface area contributed by atoms with Gasteiger partial charge in [-0.2, -0.15) is 5.10 Å². The van der Waals surface area contributed by atoms with Crippen LogP contribution in [0.1, 0.15) is 18.9 Å². The number of nitrogens with zero attached hydrogens (tertiary/aromatic N) is 1. The van der Waals surface area contributed by atoms with Gasteiger partial charge in [-0.3, -0.25) is 14.4 Å². The second kappa shape index (κ2) is 11.8. The summed E-state index contributed by atoms with van der Waals surface area (Å²) in [7, 11) is 0. The highest BCUT2D eigenvalue weighted by Gasteiger charge is 2.10. The average Bonchev–Trinajstić information content (AvgIpc) is 2.70. The number of anilines is 1. The van der Waals surface area contributed by atoms with Gasteiger partial charge in [0, 0.05) is 22.3 Å². The summed E-state index contributed by atoms with van der Waals surface area (Å²) in [6, 6.07) is 11.4. The van der Waals surface area contributed by atoms with Crippen LogP contribution in [-0.2, 0) is 14.4 Å². The lowest BCUT2D eigenvalue weighted by atomic mass is 10.2. The molecule has 3 amide bonds. The Kier molecular flexibility index (Phi) is 9.11. The molecular weight excluding hydrogens is 431 g/mol. The maximum Gasteiger partial charge on any atom is 0.329 e. The summed E-state index contributed by atoms with van der Waals surface area (Å²) in [6.07, 6.45) is 2.08. The fourth-order valence-electron chi connectivity index (χ4n) is 2.19. The smallest absolute Gasteiger partial charge is 0.329 e. The minimum absolute atomic E-state index is 0.237. The quantitative estimate of drug-likeness (QED) is 0.326. The van der Waals surface area contributed by atoms with Crippen molar-refractivity contribution in [3.8, 4) is 5.75 Å². The van der Waals surface area contributed by atoms with Gasteiger partial charge in [-0.1, -0.05) is 42.3 Å². The molecule has 0 unspecified atom stereocenters. The first kappa shape index (κ1) is 23.2. The molecule has 0 fully saturated rings. The Morgan fingerprint density at radius 1 is 1.07 bits per heavy atom. The van der Waals surface area contributed by atoms with Crippen molar-refractivity contribution in [1.82, 2.24) is 10.7 Å². The number of carbonyl (C=O) groups excluding carboxylic acids is 3. The van der Waals surface area contributed by atoms with Crippen LogP contribution in [0.25, 0.3) is 0 Å². The normalized spacial score (nSPS) is 10.5. The maximum atomic E-state index is 12.0. The molecule has 0 atom stereocenters. The Balaban J connectivity index is 1.85. The zero-order valence-corrected chi connectivity index (χ0v) is 17.6. The Morgan fingerprint density at radius 2 is 1.80 bits per heavy atom. The number of hydrazone groups is 1. The van der Waals surface area contributed by atoms with Crippen molar-refractivity contribution >= 4 is 52.8 Å². The van der Waals surface area contributed by atoms with E-state index in [9.17, 15) is 14.4 Å². The predicted molar refractivity (Wildman–Crippen MR) is 116 cm³/mol. The molecule has 0 aliphatic carbocycles. The molecule has 2 rings (SSSR count). The van der Waals surface area contributed by atoms with E-state index >= 15 is 0 Å². The summed E-state index contributed by atoms with van der Waals surface area (Å²) in [5, 5.41) is 9.62. The number of benzene rings is 2. The summed E-state index contributed by atoms with van der Waals surface area (Å²) in [6.45, 7) is 2.05. The highest BCUT2D eigenvalue weighted by Crippen LogP contribution is 2.22. The largest absolute Gasteiger partial charge is 0.484 e. The highest BCUT2D eigenvalue weighted by atomic mass is 35.5. The lowest BCUT2D eigenvalue weighted by molar-refractivity contribution is -0.139. The van der Waals surface area contributed by atoms with E-state index in [-0.39, 0.29) is 6.61 Å². The molecule has 0 aliphatic heterocycles. The summed E-state index contributed by atoms with van der Waals surface area (Å²) in [4.78, 5) is 35.0. The first-order chi connectivity index (χ1) is 14.4. The molecule has 30 heavy (non-hydrogen) atoms. The number of hydrogen-bond acceptors (Lipinski definition) is 5. The topological polar surface area (TPSA) is 109 Å². The van der Waals surface area contributed by atoms with E-state index in [1.54, 1.807) is 42.5 Å². The van der Waals surface area contributed by atoms with Gasteiger partial charge >= 0.3 is 11.8 Å². The second-order valence-corrected chi connectivity index (χ2v) is 6.90. The number of amides is 3. The monoisotopic (exact) mass is 450 g/mol. The van der Waals surface area contributed by atoms with Crippen molar-refractivity contribution in [2.24, 2.45) is 5.10 Å². The molecule has 0 spiro atoms. The Hall–Kier alpha value is -3.10. The molecule has 0 heterocycles. The van der Waals surface area contributed by atoms with Crippen LogP contribution in [0.2, 0.25) is 10.0 Å². The Labute approximate surface area is 183 Å². The van der Waals surface area contributed by atoms with Crippen LogP contribution >= 0.6 is 23.2 Å². The van der Waals surface area contributed by atoms with E-state index in [0.29, 0.717) is 33.6 Å². The van der Waals surface area contributed by atoms with Gasteiger partial charge in [0.1, 0.15) is 5.75 Å². The zero-order valence-electron chi connectivity index (χ0n) is 16.1. The summed E-state index contributed by atoms with van der Waals surface area (Å²) in [5.74, 6) is -1.58. The number of ether oxygens (including phenoxy) is 1. The van der Waals surface area contributed by atoms with Crippen molar-refractivity contribution in [3.63, 3.8) is 0 Å². The number of halogens is 2. The zero-order chi connectivity index (χ0) is 21.9. The van der Waals surface area contributed by atoms with Crippen molar-refractivity contribution in [3.05, 3.63) is 58.1 Å². The molecule has 2 aromatic rings. The first-order valence-corrected chi connectivity index (χ1v) is 9.73. The van der Waals surface area contributed by atoms with E-state index in [2.05, 4.69) is 21.2 Å². The Morgan fingerprint density at radius 3 is 2.50 bits per heavy atom. The van der Waals surface area contributed by atoms with Gasteiger partial charge in [0.15, 0.2) is 6.61 Å². The fourth-order valence-corrected chi connectivity index (χ4v) is 2.72. The second-order valence-electron chi connectivity index (χ2n) is 6.02. The molecular formula is C20H20Cl2N4O4. The van der Waals surface area contributed by atoms with Crippen LogP contribution in [0.4, 0.5) is 5.69 Å². The molecule has 0 bridgehead atoms. The molecule has 8 nitrogen and oxygen atoms in total. The van der Waals surface area contributed by atoms with Gasteiger partial charge in [-0.05, 0) is 42.3 Å². The number of nitrogens with one attached hydrogen (secondary N) is 3.